The van der Waals surface area contributed by atoms with Crippen molar-refractivity contribution in [1.82, 2.24) is 5.32 Å². The molecule has 0 amide bonds. The molecule has 0 aliphatic carbocycles. The first-order valence-corrected chi connectivity index (χ1v) is 5.07. The van der Waals surface area contributed by atoms with Gasteiger partial charge in [-0.1, -0.05) is 32.6 Å². The lowest BCUT2D eigenvalue weighted by molar-refractivity contribution is 0.572. The fourth-order valence-corrected chi connectivity index (χ4v) is 1.18. The topological polar surface area (TPSA) is 64.1 Å². The first-order valence-electron chi connectivity index (χ1n) is 5.07. The van der Waals surface area contributed by atoms with Crippen LogP contribution >= 0.6 is 0 Å². The van der Waals surface area contributed by atoms with E-state index < -0.39 is 0 Å². The first kappa shape index (κ1) is 13.0. The number of nitrogens with two attached hydrogens (primary N) is 2. The standard InChI is InChI=1S/C11H23N3/c1-8(2)9(3)11(13)6-5-7-14-10(4)12/h8,11,14H,3-7,12-13H2,1-2H3. The van der Waals surface area contributed by atoms with Crippen LogP contribution < -0.4 is 16.8 Å². The Morgan fingerprint density at radius 1 is 1.36 bits per heavy atom. The van der Waals surface area contributed by atoms with Gasteiger partial charge in [-0.2, -0.15) is 0 Å². The number of hydrogen-bond donors (Lipinski definition) is 3. The molecule has 0 spiro atoms. The normalized spacial score (nSPS) is 12.6. The van der Waals surface area contributed by atoms with Crippen LogP contribution in [0, 0.1) is 5.92 Å². The zero-order valence-corrected chi connectivity index (χ0v) is 9.34. The molecule has 1 unspecified atom stereocenters. The van der Waals surface area contributed by atoms with Crippen LogP contribution in [0.2, 0.25) is 0 Å². The summed E-state index contributed by atoms with van der Waals surface area (Å²) in [5.41, 5.74) is 12.4. The lowest BCUT2D eigenvalue weighted by Crippen LogP contribution is -2.27. The van der Waals surface area contributed by atoms with Crippen molar-refractivity contribution in [3.63, 3.8) is 0 Å². The summed E-state index contributed by atoms with van der Waals surface area (Å²) in [4.78, 5) is 0. The minimum atomic E-state index is 0.0999. The van der Waals surface area contributed by atoms with Crippen molar-refractivity contribution in [3.05, 3.63) is 24.6 Å². The molecule has 0 aromatic heterocycles. The zero-order chi connectivity index (χ0) is 11.1. The molecule has 0 bridgehead atoms. The summed E-state index contributed by atoms with van der Waals surface area (Å²) in [6.45, 7) is 12.6. The van der Waals surface area contributed by atoms with Gasteiger partial charge in [-0.25, -0.2) is 0 Å². The predicted octanol–water partition coefficient (Wildman–Crippen LogP) is 1.33. The van der Waals surface area contributed by atoms with Gasteiger partial charge in [0.05, 0.1) is 5.82 Å². The summed E-state index contributed by atoms with van der Waals surface area (Å²) < 4.78 is 0. The third-order valence-corrected chi connectivity index (χ3v) is 2.26. The minimum Gasteiger partial charge on any atom is -0.386 e. The van der Waals surface area contributed by atoms with E-state index in [4.69, 9.17) is 11.5 Å². The Morgan fingerprint density at radius 2 is 1.93 bits per heavy atom. The molecule has 14 heavy (non-hydrogen) atoms. The van der Waals surface area contributed by atoms with Crippen molar-refractivity contribution in [2.45, 2.75) is 32.7 Å². The summed E-state index contributed by atoms with van der Waals surface area (Å²) in [7, 11) is 0. The SMILES string of the molecule is C=C(N)NCCCC(N)C(=C)C(C)C. The molecule has 0 rings (SSSR count). The van der Waals surface area contributed by atoms with Crippen molar-refractivity contribution in [1.29, 1.82) is 0 Å². The quantitative estimate of drug-likeness (QED) is 0.426. The summed E-state index contributed by atoms with van der Waals surface area (Å²) in [6, 6.07) is 0.0999. The summed E-state index contributed by atoms with van der Waals surface area (Å²) in [6.07, 6.45) is 1.93. The van der Waals surface area contributed by atoms with Crippen molar-refractivity contribution in [3.8, 4) is 0 Å². The second kappa shape index (κ2) is 6.49. The monoisotopic (exact) mass is 197 g/mol. The second-order valence-electron chi connectivity index (χ2n) is 3.93. The van der Waals surface area contributed by atoms with Crippen LogP contribution in [0.25, 0.3) is 0 Å². The van der Waals surface area contributed by atoms with E-state index >= 15 is 0 Å². The van der Waals surface area contributed by atoms with Crippen LogP contribution in [-0.2, 0) is 0 Å². The summed E-state index contributed by atoms with van der Waals surface area (Å²) in [5.74, 6) is 0.976. The molecule has 3 heteroatoms. The Balaban J connectivity index is 3.59. The van der Waals surface area contributed by atoms with Crippen molar-refractivity contribution < 1.29 is 0 Å². The van der Waals surface area contributed by atoms with Gasteiger partial charge >= 0.3 is 0 Å². The van der Waals surface area contributed by atoms with Crippen molar-refractivity contribution in [2.75, 3.05) is 6.54 Å². The highest BCUT2D eigenvalue weighted by Crippen LogP contribution is 2.13. The highest BCUT2D eigenvalue weighted by atomic mass is 15.0. The Labute approximate surface area is 87.2 Å². The first-order chi connectivity index (χ1) is 6.45. The van der Waals surface area contributed by atoms with Gasteiger partial charge in [-0.05, 0) is 18.8 Å². The Bertz CT molecular complexity index is 197. The number of hydrogen-bond acceptors (Lipinski definition) is 3. The molecule has 0 aromatic rings. The molecule has 0 fully saturated rings. The van der Waals surface area contributed by atoms with Crippen LogP contribution in [0.4, 0.5) is 0 Å². The van der Waals surface area contributed by atoms with Crippen LogP contribution in [0.5, 0.6) is 0 Å². The average Bonchev–Trinajstić information content (AvgIpc) is 2.10. The van der Waals surface area contributed by atoms with Gasteiger partial charge in [0, 0.05) is 12.6 Å². The predicted molar refractivity (Wildman–Crippen MR) is 62.5 cm³/mol. The molecule has 0 radical (unpaired) electrons. The smallest absolute Gasteiger partial charge is 0.0885 e. The van der Waals surface area contributed by atoms with E-state index in [-0.39, 0.29) is 6.04 Å². The minimum absolute atomic E-state index is 0.0999. The lowest BCUT2D eigenvalue weighted by atomic mass is 9.95. The van der Waals surface area contributed by atoms with E-state index in [0.29, 0.717) is 11.7 Å². The highest BCUT2D eigenvalue weighted by Gasteiger charge is 2.09. The highest BCUT2D eigenvalue weighted by molar-refractivity contribution is 5.06. The molecule has 5 N–H and O–H groups in total. The number of rotatable bonds is 7. The summed E-state index contributed by atoms with van der Waals surface area (Å²) >= 11 is 0. The van der Waals surface area contributed by atoms with E-state index in [1.54, 1.807) is 0 Å². The Hall–Kier alpha value is -0.960. The fourth-order valence-electron chi connectivity index (χ4n) is 1.18. The van der Waals surface area contributed by atoms with E-state index in [1.165, 1.54) is 0 Å². The van der Waals surface area contributed by atoms with Crippen LogP contribution in [0.1, 0.15) is 26.7 Å². The third kappa shape index (κ3) is 5.65. The molecule has 0 saturated carbocycles. The second-order valence-corrected chi connectivity index (χ2v) is 3.93. The maximum Gasteiger partial charge on any atom is 0.0885 e. The fraction of sp³-hybridized carbons (Fsp3) is 0.636. The maximum atomic E-state index is 5.95. The third-order valence-electron chi connectivity index (χ3n) is 2.26. The average molecular weight is 197 g/mol. The van der Waals surface area contributed by atoms with Gasteiger partial charge in [0.15, 0.2) is 0 Å². The summed E-state index contributed by atoms with van der Waals surface area (Å²) in [5, 5.41) is 2.97. The molecule has 3 nitrogen and oxygen atoms in total. The molecule has 0 aliphatic rings. The largest absolute Gasteiger partial charge is 0.386 e. The molecule has 0 saturated heterocycles. The zero-order valence-electron chi connectivity index (χ0n) is 9.34. The Kier molecular flexibility index (Phi) is 6.04. The van der Waals surface area contributed by atoms with Gasteiger partial charge in [0.1, 0.15) is 0 Å². The molecular weight excluding hydrogens is 174 g/mol. The van der Waals surface area contributed by atoms with Crippen LogP contribution in [-0.4, -0.2) is 12.6 Å². The van der Waals surface area contributed by atoms with E-state index in [9.17, 15) is 0 Å². The molecule has 0 aromatic carbocycles. The van der Waals surface area contributed by atoms with Crippen molar-refractivity contribution in [2.24, 2.45) is 17.4 Å². The van der Waals surface area contributed by atoms with Gasteiger partial charge < -0.3 is 16.8 Å². The molecule has 0 heterocycles. The van der Waals surface area contributed by atoms with Gasteiger partial charge in [0.25, 0.3) is 0 Å². The maximum absolute atomic E-state index is 5.95. The van der Waals surface area contributed by atoms with Gasteiger partial charge in [-0.15, -0.1) is 0 Å². The van der Waals surface area contributed by atoms with E-state index in [2.05, 4.69) is 32.3 Å². The molecule has 1 atom stereocenters. The molecular formula is C11H23N3. The van der Waals surface area contributed by atoms with E-state index in [1.807, 2.05) is 0 Å². The van der Waals surface area contributed by atoms with Gasteiger partial charge in [-0.3, -0.25) is 0 Å². The van der Waals surface area contributed by atoms with Crippen LogP contribution in [0.3, 0.4) is 0 Å². The molecule has 82 valence electrons. The van der Waals surface area contributed by atoms with Gasteiger partial charge in [0.2, 0.25) is 0 Å². The van der Waals surface area contributed by atoms with Crippen LogP contribution in [0.15, 0.2) is 24.6 Å². The number of nitrogens with one attached hydrogen (secondary N) is 1. The Morgan fingerprint density at radius 3 is 2.36 bits per heavy atom. The van der Waals surface area contributed by atoms with Crippen molar-refractivity contribution >= 4 is 0 Å². The van der Waals surface area contributed by atoms with E-state index in [0.717, 1.165) is 25.0 Å². The molecule has 0 aliphatic heterocycles. The lowest BCUT2D eigenvalue weighted by Gasteiger charge is -2.17.